The summed E-state index contributed by atoms with van der Waals surface area (Å²) in [7, 11) is 0. The molecule has 2 nitrogen and oxygen atoms in total. The number of anilines is 1. The number of nitrogens with one attached hydrogen (secondary N) is 2. The van der Waals surface area contributed by atoms with Crippen molar-refractivity contribution >= 4 is 5.69 Å². The van der Waals surface area contributed by atoms with Gasteiger partial charge in [0.05, 0.1) is 0 Å². The molecule has 1 rings (SSSR count). The normalized spacial score (nSPS) is 11.5. The summed E-state index contributed by atoms with van der Waals surface area (Å²) in [6, 6.07) is 6.25. The lowest BCUT2D eigenvalue weighted by Gasteiger charge is -2.21. The summed E-state index contributed by atoms with van der Waals surface area (Å²) in [5, 5.41) is 6.34. The minimum absolute atomic E-state index is 0.0452. The van der Waals surface area contributed by atoms with Gasteiger partial charge in [-0.1, -0.05) is 18.2 Å². The van der Waals surface area contributed by atoms with E-state index in [4.69, 9.17) is 0 Å². The summed E-state index contributed by atoms with van der Waals surface area (Å²) in [5.41, 5.74) is 3.65. The lowest BCUT2D eigenvalue weighted by Crippen LogP contribution is -2.35. The van der Waals surface area contributed by atoms with E-state index < -0.39 is 0 Å². The molecule has 0 amide bonds. The summed E-state index contributed by atoms with van der Waals surface area (Å²) < 4.78 is 0. The molecule has 15 heavy (non-hydrogen) atoms. The van der Waals surface area contributed by atoms with Crippen LogP contribution in [-0.4, -0.2) is 5.54 Å². The van der Waals surface area contributed by atoms with Gasteiger partial charge in [0.2, 0.25) is 0 Å². The van der Waals surface area contributed by atoms with E-state index in [0.29, 0.717) is 0 Å². The highest BCUT2D eigenvalue weighted by molar-refractivity contribution is 5.57. The average molecular weight is 204 g/mol. The molecule has 0 aliphatic carbocycles. The van der Waals surface area contributed by atoms with Crippen molar-refractivity contribution in [3.05, 3.63) is 36.0 Å². The van der Waals surface area contributed by atoms with Crippen molar-refractivity contribution in [1.29, 1.82) is 0 Å². The van der Waals surface area contributed by atoms with Crippen molar-refractivity contribution in [2.45, 2.75) is 40.2 Å². The molecule has 1 aromatic carbocycles. The molecule has 82 valence electrons. The molecule has 0 spiro atoms. The maximum Gasteiger partial charge on any atom is 0.172 e. The standard InChI is InChI=1S/C13H20N2/c1-10-7-6-8-11(2)12(10)14-9-15-13(3,4)5/h6-8,14-15H,1-5H3. The van der Waals surface area contributed by atoms with E-state index in [1.165, 1.54) is 11.1 Å². The molecule has 0 aliphatic heterocycles. The first kappa shape index (κ1) is 12.1. The number of benzene rings is 1. The van der Waals surface area contributed by atoms with Crippen LogP contribution in [0.25, 0.3) is 0 Å². The van der Waals surface area contributed by atoms with Crippen LogP contribution in [0.15, 0.2) is 18.2 Å². The zero-order chi connectivity index (χ0) is 11.5. The highest BCUT2D eigenvalue weighted by atomic mass is 15.1. The van der Waals surface area contributed by atoms with Gasteiger partial charge in [-0.2, -0.15) is 0 Å². The van der Waals surface area contributed by atoms with Crippen LogP contribution in [0.4, 0.5) is 5.69 Å². The van der Waals surface area contributed by atoms with Gasteiger partial charge in [0.1, 0.15) is 0 Å². The molecule has 0 bridgehead atoms. The van der Waals surface area contributed by atoms with Gasteiger partial charge in [0, 0.05) is 11.2 Å². The van der Waals surface area contributed by atoms with Gasteiger partial charge < -0.3 is 5.32 Å². The number of hydrogen-bond donors (Lipinski definition) is 2. The van der Waals surface area contributed by atoms with Crippen LogP contribution < -0.4 is 10.6 Å². The Morgan fingerprint density at radius 1 is 1.07 bits per heavy atom. The van der Waals surface area contributed by atoms with Crippen molar-refractivity contribution in [1.82, 2.24) is 5.32 Å². The SMILES string of the molecule is Cc1cccc(C)c1N[C]NC(C)(C)C. The minimum Gasteiger partial charge on any atom is -0.360 e. The molecule has 1 aromatic rings. The van der Waals surface area contributed by atoms with E-state index in [-0.39, 0.29) is 5.54 Å². The van der Waals surface area contributed by atoms with Gasteiger partial charge in [-0.3, -0.25) is 5.32 Å². The van der Waals surface area contributed by atoms with Crippen molar-refractivity contribution in [2.75, 3.05) is 5.32 Å². The minimum atomic E-state index is 0.0452. The van der Waals surface area contributed by atoms with Crippen molar-refractivity contribution in [3.63, 3.8) is 0 Å². The zero-order valence-electron chi connectivity index (χ0n) is 10.2. The molecule has 2 radical (unpaired) electrons. The second-order valence-corrected chi connectivity index (χ2v) is 4.89. The van der Waals surface area contributed by atoms with E-state index in [1.807, 2.05) is 0 Å². The summed E-state index contributed by atoms with van der Waals surface area (Å²) in [6.07, 6.45) is 0. The molecule has 0 fully saturated rings. The Balaban J connectivity index is 2.58. The van der Waals surface area contributed by atoms with Crippen LogP contribution in [0.2, 0.25) is 0 Å². The molecule has 0 heterocycles. The topological polar surface area (TPSA) is 24.1 Å². The van der Waals surface area contributed by atoms with Gasteiger partial charge in [-0.15, -0.1) is 0 Å². The van der Waals surface area contributed by atoms with Gasteiger partial charge in [0.15, 0.2) is 6.67 Å². The Hall–Kier alpha value is -1.02. The fourth-order valence-corrected chi connectivity index (χ4v) is 1.29. The zero-order valence-corrected chi connectivity index (χ0v) is 10.2. The van der Waals surface area contributed by atoms with Crippen molar-refractivity contribution < 1.29 is 0 Å². The second-order valence-electron chi connectivity index (χ2n) is 4.89. The first-order valence-corrected chi connectivity index (χ1v) is 5.24. The van der Waals surface area contributed by atoms with E-state index in [0.717, 1.165) is 5.69 Å². The smallest absolute Gasteiger partial charge is 0.172 e. The van der Waals surface area contributed by atoms with E-state index in [9.17, 15) is 0 Å². The van der Waals surface area contributed by atoms with Crippen LogP contribution in [-0.2, 0) is 0 Å². The molecular formula is C13H20N2. The van der Waals surface area contributed by atoms with Crippen molar-refractivity contribution in [2.24, 2.45) is 0 Å². The second kappa shape index (κ2) is 4.67. The largest absolute Gasteiger partial charge is 0.360 e. The van der Waals surface area contributed by atoms with Gasteiger partial charge in [-0.25, -0.2) is 0 Å². The Morgan fingerprint density at radius 2 is 1.60 bits per heavy atom. The molecule has 0 aliphatic rings. The monoisotopic (exact) mass is 204 g/mol. The molecular weight excluding hydrogens is 184 g/mol. The molecule has 2 heteroatoms. The molecule has 0 unspecified atom stereocenters. The molecule has 0 saturated carbocycles. The number of rotatable bonds is 3. The van der Waals surface area contributed by atoms with Gasteiger partial charge in [0.25, 0.3) is 0 Å². The first-order chi connectivity index (χ1) is 6.90. The van der Waals surface area contributed by atoms with E-state index in [1.54, 1.807) is 0 Å². The van der Waals surface area contributed by atoms with Gasteiger partial charge in [-0.05, 0) is 45.7 Å². The quantitative estimate of drug-likeness (QED) is 0.739. The predicted molar refractivity (Wildman–Crippen MR) is 65.7 cm³/mol. The van der Waals surface area contributed by atoms with E-state index in [2.05, 4.69) is 70.1 Å². The molecule has 0 atom stereocenters. The van der Waals surface area contributed by atoms with Crippen LogP contribution >= 0.6 is 0 Å². The Bertz CT molecular complexity index is 304. The summed E-state index contributed by atoms with van der Waals surface area (Å²) in [4.78, 5) is 0. The van der Waals surface area contributed by atoms with Crippen LogP contribution in [0.3, 0.4) is 0 Å². The lowest BCUT2D eigenvalue weighted by molar-refractivity contribution is 0.471. The third kappa shape index (κ3) is 3.92. The van der Waals surface area contributed by atoms with Crippen LogP contribution in [0, 0.1) is 20.5 Å². The number of aryl methyl sites for hydroxylation is 2. The maximum absolute atomic E-state index is 3.18. The van der Waals surface area contributed by atoms with Crippen LogP contribution in [0.5, 0.6) is 0 Å². The summed E-state index contributed by atoms with van der Waals surface area (Å²) in [6.45, 7) is 13.5. The van der Waals surface area contributed by atoms with Crippen LogP contribution in [0.1, 0.15) is 31.9 Å². The Morgan fingerprint density at radius 3 is 2.07 bits per heavy atom. The average Bonchev–Trinajstić information content (AvgIpc) is 2.08. The molecule has 0 saturated heterocycles. The Labute approximate surface area is 93.1 Å². The van der Waals surface area contributed by atoms with Gasteiger partial charge >= 0.3 is 0 Å². The lowest BCUT2D eigenvalue weighted by atomic mass is 10.1. The maximum atomic E-state index is 3.18. The summed E-state index contributed by atoms with van der Waals surface area (Å²) in [5.74, 6) is 0. The highest BCUT2D eigenvalue weighted by Gasteiger charge is 2.09. The highest BCUT2D eigenvalue weighted by Crippen LogP contribution is 2.19. The third-order valence-electron chi connectivity index (χ3n) is 2.11. The fraction of sp³-hybridized carbons (Fsp3) is 0.462. The third-order valence-corrected chi connectivity index (χ3v) is 2.11. The fourth-order valence-electron chi connectivity index (χ4n) is 1.29. The van der Waals surface area contributed by atoms with Crippen molar-refractivity contribution in [3.8, 4) is 0 Å². The summed E-state index contributed by atoms with van der Waals surface area (Å²) >= 11 is 0. The van der Waals surface area contributed by atoms with E-state index >= 15 is 0 Å². The first-order valence-electron chi connectivity index (χ1n) is 5.24. The number of hydrogen-bond acceptors (Lipinski definition) is 2. The molecule has 2 N–H and O–H groups in total. The number of para-hydroxylation sites is 1. The Kier molecular flexibility index (Phi) is 3.75. The predicted octanol–water partition coefficient (Wildman–Crippen LogP) is 3.10. The molecule has 0 aromatic heterocycles.